The predicted octanol–water partition coefficient (Wildman–Crippen LogP) is 2.14. The fourth-order valence-corrected chi connectivity index (χ4v) is 2.26. The molecule has 0 unspecified atom stereocenters. The van der Waals surface area contributed by atoms with Gasteiger partial charge in [0.15, 0.2) is 0 Å². The molecule has 0 radical (unpaired) electrons. The molecule has 0 aliphatic heterocycles. The zero-order valence-electron chi connectivity index (χ0n) is 11.1. The number of fused-ring (bicyclic) bond motifs is 1. The van der Waals surface area contributed by atoms with Crippen molar-refractivity contribution in [3.63, 3.8) is 0 Å². The summed E-state index contributed by atoms with van der Waals surface area (Å²) in [5.41, 5.74) is 2.21. The number of hydrogen-bond acceptors (Lipinski definition) is 3. The van der Waals surface area contributed by atoms with Crippen LogP contribution in [-0.4, -0.2) is 20.6 Å². The number of carboxylic acids is 1. The molecule has 0 saturated heterocycles. The monoisotopic (exact) mass is 280 g/mol. The van der Waals surface area contributed by atoms with Crippen molar-refractivity contribution in [1.29, 1.82) is 0 Å². The van der Waals surface area contributed by atoms with Crippen molar-refractivity contribution in [2.45, 2.75) is 6.54 Å². The molecule has 5 heteroatoms. The van der Waals surface area contributed by atoms with Gasteiger partial charge in [-0.25, -0.2) is 9.78 Å². The van der Waals surface area contributed by atoms with Crippen LogP contribution in [0.4, 0.5) is 0 Å². The highest BCUT2D eigenvalue weighted by molar-refractivity contribution is 5.87. The van der Waals surface area contributed by atoms with Crippen LogP contribution in [-0.2, 0) is 6.54 Å². The predicted molar refractivity (Wildman–Crippen MR) is 78.5 cm³/mol. The number of para-hydroxylation sites is 2. The summed E-state index contributed by atoms with van der Waals surface area (Å²) in [5, 5.41) is 9.02. The van der Waals surface area contributed by atoms with Crippen LogP contribution in [0.3, 0.4) is 0 Å². The third-order valence-corrected chi connectivity index (χ3v) is 3.27. The molecule has 0 fully saturated rings. The molecule has 0 atom stereocenters. The Morgan fingerprint density at radius 2 is 1.95 bits per heavy atom. The maximum atomic E-state index is 12.0. The minimum Gasteiger partial charge on any atom is -0.478 e. The van der Waals surface area contributed by atoms with E-state index in [2.05, 4.69) is 4.98 Å². The first-order valence-electron chi connectivity index (χ1n) is 6.42. The molecule has 0 aliphatic rings. The molecule has 104 valence electrons. The number of carbonyl (C=O) groups is 1. The standard InChI is InChI=1S/C16H12N2O3/c19-15-9-17-13-6-1-2-7-14(13)18(15)10-11-4-3-5-12(8-11)16(20)21/h1-9H,10H2,(H,20,21). The summed E-state index contributed by atoms with van der Waals surface area (Å²) >= 11 is 0. The number of aromatic nitrogens is 2. The average molecular weight is 280 g/mol. The highest BCUT2D eigenvalue weighted by Gasteiger charge is 2.07. The summed E-state index contributed by atoms with van der Waals surface area (Å²) in [6.45, 7) is 0.309. The van der Waals surface area contributed by atoms with E-state index in [9.17, 15) is 9.59 Å². The Hall–Kier alpha value is -2.95. The molecular weight excluding hydrogens is 268 g/mol. The Kier molecular flexibility index (Phi) is 3.23. The molecule has 1 N–H and O–H groups in total. The Morgan fingerprint density at radius 3 is 2.76 bits per heavy atom. The van der Waals surface area contributed by atoms with E-state index in [0.717, 1.165) is 16.6 Å². The largest absolute Gasteiger partial charge is 0.478 e. The summed E-state index contributed by atoms with van der Waals surface area (Å²) in [6, 6.07) is 13.9. The second kappa shape index (κ2) is 5.20. The number of hydrogen-bond donors (Lipinski definition) is 1. The molecule has 1 aromatic heterocycles. The topological polar surface area (TPSA) is 72.2 Å². The van der Waals surface area contributed by atoms with Gasteiger partial charge in [0.25, 0.3) is 5.56 Å². The van der Waals surface area contributed by atoms with E-state index in [4.69, 9.17) is 5.11 Å². The van der Waals surface area contributed by atoms with Gasteiger partial charge in [0.1, 0.15) is 0 Å². The molecule has 21 heavy (non-hydrogen) atoms. The number of benzene rings is 2. The van der Waals surface area contributed by atoms with Crippen LogP contribution in [0, 0.1) is 0 Å². The molecular formula is C16H12N2O3. The smallest absolute Gasteiger partial charge is 0.335 e. The van der Waals surface area contributed by atoms with E-state index in [1.807, 2.05) is 24.3 Å². The van der Waals surface area contributed by atoms with Gasteiger partial charge in [-0.3, -0.25) is 4.79 Å². The van der Waals surface area contributed by atoms with Crippen LogP contribution in [0.1, 0.15) is 15.9 Å². The van der Waals surface area contributed by atoms with E-state index in [-0.39, 0.29) is 11.1 Å². The lowest BCUT2D eigenvalue weighted by Crippen LogP contribution is -2.21. The van der Waals surface area contributed by atoms with Crippen molar-refractivity contribution in [1.82, 2.24) is 9.55 Å². The Bertz CT molecular complexity index is 884. The second-order valence-corrected chi connectivity index (χ2v) is 4.68. The molecule has 0 saturated carbocycles. The van der Waals surface area contributed by atoms with Gasteiger partial charge in [-0.1, -0.05) is 24.3 Å². The van der Waals surface area contributed by atoms with Gasteiger partial charge in [0.05, 0.1) is 29.3 Å². The summed E-state index contributed by atoms with van der Waals surface area (Å²) in [7, 11) is 0. The lowest BCUT2D eigenvalue weighted by atomic mass is 10.1. The fraction of sp³-hybridized carbons (Fsp3) is 0.0625. The third kappa shape index (κ3) is 2.53. The zero-order valence-corrected chi connectivity index (χ0v) is 11.1. The normalized spacial score (nSPS) is 10.7. The molecule has 3 aromatic rings. The van der Waals surface area contributed by atoms with Gasteiger partial charge in [-0.15, -0.1) is 0 Å². The van der Waals surface area contributed by atoms with Crippen LogP contribution in [0.5, 0.6) is 0 Å². The van der Waals surface area contributed by atoms with Gasteiger partial charge < -0.3 is 9.67 Å². The van der Waals surface area contributed by atoms with E-state index >= 15 is 0 Å². The lowest BCUT2D eigenvalue weighted by Gasteiger charge is -2.10. The summed E-state index contributed by atoms with van der Waals surface area (Å²) in [5.74, 6) is -0.983. The minimum atomic E-state index is -0.983. The van der Waals surface area contributed by atoms with Crippen LogP contribution in [0.15, 0.2) is 59.5 Å². The third-order valence-electron chi connectivity index (χ3n) is 3.27. The maximum absolute atomic E-state index is 12.0. The molecule has 0 aliphatic carbocycles. The first-order chi connectivity index (χ1) is 10.1. The first kappa shape index (κ1) is 13.1. The molecule has 0 bridgehead atoms. The van der Waals surface area contributed by atoms with E-state index in [1.165, 1.54) is 12.3 Å². The molecule has 1 heterocycles. The number of carboxylic acid groups (broad SMARTS) is 1. The van der Waals surface area contributed by atoms with Crippen molar-refractivity contribution < 1.29 is 9.90 Å². The van der Waals surface area contributed by atoms with E-state index in [1.54, 1.807) is 22.8 Å². The first-order valence-corrected chi connectivity index (χ1v) is 6.42. The Balaban J connectivity index is 2.10. The molecule has 0 amide bonds. The van der Waals surface area contributed by atoms with Crippen molar-refractivity contribution in [3.05, 3.63) is 76.2 Å². The maximum Gasteiger partial charge on any atom is 0.335 e. The summed E-state index contributed by atoms with van der Waals surface area (Å²) in [4.78, 5) is 27.1. The molecule has 3 rings (SSSR count). The number of rotatable bonds is 3. The van der Waals surface area contributed by atoms with Crippen molar-refractivity contribution in [2.24, 2.45) is 0 Å². The Labute approximate surface area is 120 Å². The van der Waals surface area contributed by atoms with Crippen molar-refractivity contribution >= 4 is 17.0 Å². The second-order valence-electron chi connectivity index (χ2n) is 4.68. The quantitative estimate of drug-likeness (QED) is 0.797. The summed E-state index contributed by atoms with van der Waals surface area (Å²) < 4.78 is 1.59. The zero-order chi connectivity index (χ0) is 14.8. The lowest BCUT2D eigenvalue weighted by molar-refractivity contribution is 0.0696. The SMILES string of the molecule is O=C(O)c1cccc(Cn2c(=O)cnc3ccccc32)c1. The fourth-order valence-electron chi connectivity index (χ4n) is 2.26. The van der Waals surface area contributed by atoms with Gasteiger partial charge in [-0.2, -0.15) is 0 Å². The highest BCUT2D eigenvalue weighted by Crippen LogP contribution is 2.12. The molecule has 2 aromatic carbocycles. The molecule has 0 spiro atoms. The van der Waals surface area contributed by atoms with E-state index < -0.39 is 5.97 Å². The van der Waals surface area contributed by atoms with Gasteiger partial charge >= 0.3 is 5.97 Å². The van der Waals surface area contributed by atoms with Crippen LogP contribution in [0.25, 0.3) is 11.0 Å². The van der Waals surface area contributed by atoms with E-state index in [0.29, 0.717) is 6.54 Å². The van der Waals surface area contributed by atoms with Crippen molar-refractivity contribution in [3.8, 4) is 0 Å². The van der Waals surface area contributed by atoms with Crippen LogP contribution >= 0.6 is 0 Å². The Morgan fingerprint density at radius 1 is 1.14 bits per heavy atom. The number of nitrogens with zero attached hydrogens (tertiary/aromatic N) is 2. The van der Waals surface area contributed by atoms with Gasteiger partial charge in [0, 0.05) is 0 Å². The van der Waals surface area contributed by atoms with Gasteiger partial charge in [-0.05, 0) is 29.8 Å². The van der Waals surface area contributed by atoms with Crippen LogP contribution in [0.2, 0.25) is 0 Å². The van der Waals surface area contributed by atoms with Crippen LogP contribution < -0.4 is 5.56 Å². The average Bonchev–Trinajstić information content (AvgIpc) is 2.50. The van der Waals surface area contributed by atoms with Gasteiger partial charge in [0.2, 0.25) is 0 Å². The summed E-state index contributed by atoms with van der Waals surface area (Å²) in [6.07, 6.45) is 1.28. The minimum absolute atomic E-state index is 0.207. The van der Waals surface area contributed by atoms with Crippen molar-refractivity contribution in [2.75, 3.05) is 0 Å². The number of aromatic carboxylic acids is 1. The highest BCUT2D eigenvalue weighted by atomic mass is 16.4. The molecule has 5 nitrogen and oxygen atoms in total.